The maximum atomic E-state index is 13.5. The molecule has 0 radical (unpaired) electrons. The highest BCUT2D eigenvalue weighted by molar-refractivity contribution is 5.94. The molecule has 41 heavy (non-hydrogen) atoms. The minimum absolute atomic E-state index is 0.00291. The number of carboxylic acid groups (broad SMARTS) is 1. The van der Waals surface area contributed by atoms with Crippen LogP contribution in [0.2, 0.25) is 0 Å². The molecule has 1 fully saturated rings. The number of hydrogen-bond acceptors (Lipinski definition) is 5. The van der Waals surface area contributed by atoms with E-state index in [2.05, 4.69) is 15.4 Å². The highest BCUT2D eigenvalue weighted by Crippen LogP contribution is 2.39. The molecule has 1 aliphatic rings. The number of ether oxygens (including phenoxy) is 1. The number of aliphatic hydroxyl groups excluding tert-OH is 1. The van der Waals surface area contributed by atoms with Crippen LogP contribution in [0.1, 0.15) is 61.9 Å². The van der Waals surface area contributed by atoms with Gasteiger partial charge in [0.05, 0.1) is 6.42 Å². The van der Waals surface area contributed by atoms with Crippen molar-refractivity contribution in [3.05, 3.63) is 59.7 Å². The molecule has 2 aromatic carbocycles. The average Bonchev–Trinajstić information content (AvgIpc) is 2.92. The smallest absolute Gasteiger partial charge is 0.481 e. The lowest BCUT2D eigenvalue weighted by Crippen LogP contribution is -2.45. The summed E-state index contributed by atoms with van der Waals surface area (Å²) in [7, 11) is 0. The number of hydrogen-bond donors (Lipinski definition) is 4. The van der Waals surface area contributed by atoms with E-state index in [4.69, 9.17) is 5.11 Å². The SMILES string of the molecule is CC(C)(CO)C1CCC(N(Cc2ccc(C(=O)NCCC(=O)O)cc2)C(=O)Nc2ccc(OC(F)(F)F)cc2)CC1. The van der Waals surface area contributed by atoms with Crippen LogP contribution in [-0.4, -0.2) is 58.6 Å². The van der Waals surface area contributed by atoms with Gasteiger partial charge in [-0.15, -0.1) is 13.2 Å². The average molecular weight is 580 g/mol. The van der Waals surface area contributed by atoms with Crippen LogP contribution >= 0.6 is 0 Å². The maximum absolute atomic E-state index is 13.5. The summed E-state index contributed by atoms with van der Waals surface area (Å²) in [6, 6.07) is 11.0. The molecule has 0 atom stereocenters. The first kappa shape index (κ1) is 31.7. The lowest BCUT2D eigenvalue weighted by atomic mass is 9.70. The number of anilines is 1. The Balaban J connectivity index is 1.73. The Bertz CT molecular complexity index is 1180. The maximum Gasteiger partial charge on any atom is 0.573 e. The zero-order valence-electron chi connectivity index (χ0n) is 23.0. The summed E-state index contributed by atoms with van der Waals surface area (Å²) in [5.41, 5.74) is 1.18. The summed E-state index contributed by atoms with van der Waals surface area (Å²) in [6.45, 7) is 4.34. The zero-order valence-corrected chi connectivity index (χ0v) is 23.0. The third-order valence-electron chi connectivity index (χ3n) is 7.44. The van der Waals surface area contributed by atoms with Crippen LogP contribution in [-0.2, 0) is 11.3 Å². The van der Waals surface area contributed by atoms with Gasteiger partial charge in [-0.3, -0.25) is 9.59 Å². The van der Waals surface area contributed by atoms with Gasteiger partial charge in [0.25, 0.3) is 5.91 Å². The van der Waals surface area contributed by atoms with E-state index in [0.29, 0.717) is 30.0 Å². The van der Waals surface area contributed by atoms with E-state index in [1.807, 2.05) is 13.8 Å². The Morgan fingerprint density at radius 1 is 0.976 bits per heavy atom. The Kier molecular flexibility index (Phi) is 10.6. The third-order valence-corrected chi connectivity index (χ3v) is 7.44. The van der Waals surface area contributed by atoms with E-state index in [-0.39, 0.29) is 37.6 Å². The minimum Gasteiger partial charge on any atom is -0.481 e. The molecule has 0 heterocycles. The molecule has 0 aliphatic heterocycles. The van der Waals surface area contributed by atoms with Crippen LogP contribution in [0.5, 0.6) is 5.75 Å². The lowest BCUT2D eigenvalue weighted by molar-refractivity contribution is -0.274. The van der Waals surface area contributed by atoms with Gasteiger partial charge in [-0.25, -0.2) is 4.79 Å². The number of carboxylic acids is 1. The van der Waals surface area contributed by atoms with Gasteiger partial charge in [-0.05, 0) is 79.0 Å². The van der Waals surface area contributed by atoms with Crippen LogP contribution in [0, 0.1) is 11.3 Å². The monoisotopic (exact) mass is 579 g/mol. The number of aliphatic hydroxyl groups is 1. The van der Waals surface area contributed by atoms with Gasteiger partial charge in [0.15, 0.2) is 0 Å². The summed E-state index contributed by atoms with van der Waals surface area (Å²) in [4.78, 5) is 38.1. The predicted molar refractivity (Wildman–Crippen MR) is 145 cm³/mol. The number of rotatable bonds is 11. The van der Waals surface area contributed by atoms with Gasteiger partial charge in [-0.2, -0.15) is 0 Å². The second-order valence-corrected chi connectivity index (χ2v) is 10.9. The van der Waals surface area contributed by atoms with E-state index in [9.17, 15) is 32.7 Å². The number of urea groups is 1. The molecule has 12 heteroatoms. The van der Waals surface area contributed by atoms with Crippen molar-refractivity contribution in [2.45, 2.75) is 64.9 Å². The van der Waals surface area contributed by atoms with Crippen molar-refractivity contribution in [1.29, 1.82) is 0 Å². The zero-order chi connectivity index (χ0) is 30.2. The van der Waals surface area contributed by atoms with Crippen LogP contribution < -0.4 is 15.4 Å². The molecule has 4 N–H and O–H groups in total. The first-order chi connectivity index (χ1) is 19.3. The molecule has 3 rings (SSSR count). The summed E-state index contributed by atoms with van der Waals surface area (Å²) in [6.07, 6.45) is -1.95. The molecule has 1 aliphatic carbocycles. The van der Waals surface area contributed by atoms with E-state index < -0.39 is 30.0 Å². The number of alkyl halides is 3. The molecule has 0 unspecified atom stereocenters. The molecule has 0 aromatic heterocycles. The van der Waals surface area contributed by atoms with E-state index in [1.165, 1.54) is 12.1 Å². The summed E-state index contributed by atoms with van der Waals surface area (Å²) in [5, 5.41) is 23.8. The van der Waals surface area contributed by atoms with Gasteiger partial charge >= 0.3 is 18.4 Å². The van der Waals surface area contributed by atoms with E-state index >= 15 is 0 Å². The van der Waals surface area contributed by atoms with Crippen molar-refractivity contribution in [2.75, 3.05) is 18.5 Å². The standard InChI is InChI=1S/C29H36F3N3O6/c1-28(2,18-36)21-7-11-23(12-8-21)35(27(40)34-22-9-13-24(14-10-22)41-29(30,31)32)17-19-3-5-20(6-4-19)26(39)33-16-15-25(37)38/h3-6,9-10,13-14,21,23,36H,7-8,11-12,15-18H2,1-2H3,(H,33,39)(H,34,40)(H,37,38). The van der Waals surface area contributed by atoms with Crippen molar-refractivity contribution >= 4 is 23.6 Å². The highest BCUT2D eigenvalue weighted by Gasteiger charge is 2.36. The largest absolute Gasteiger partial charge is 0.573 e. The fourth-order valence-corrected chi connectivity index (χ4v) is 4.94. The number of carbonyl (C=O) groups is 3. The van der Waals surface area contributed by atoms with Crippen molar-refractivity contribution in [3.63, 3.8) is 0 Å². The second kappa shape index (κ2) is 13.7. The fraction of sp³-hybridized carbons (Fsp3) is 0.483. The topological polar surface area (TPSA) is 128 Å². The number of aliphatic carboxylic acids is 1. The molecule has 1 saturated carbocycles. The number of carbonyl (C=O) groups excluding carboxylic acids is 2. The highest BCUT2D eigenvalue weighted by atomic mass is 19.4. The van der Waals surface area contributed by atoms with Gasteiger partial charge in [0, 0.05) is 37.0 Å². The summed E-state index contributed by atoms with van der Waals surface area (Å²) < 4.78 is 41.4. The van der Waals surface area contributed by atoms with Gasteiger partial charge in [-0.1, -0.05) is 26.0 Å². The fourth-order valence-electron chi connectivity index (χ4n) is 4.94. The van der Waals surface area contributed by atoms with Crippen LogP contribution in [0.25, 0.3) is 0 Å². The Labute approximate surface area is 236 Å². The minimum atomic E-state index is -4.82. The molecule has 0 saturated heterocycles. The Morgan fingerprint density at radius 3 is 2.12 bits per heavy atom. The van der Waals surface area contributed by atoms with E-state index in [0.717, 1.165) is 30.5 Å². The Hall–Kier alpha value is -3.80. The molecule has 2 aromatic rings. The quantitative estimate of drug-likeness (QED) is 0.282. The number of nitrogens with one attached hydrogen (secondary N) is 2. The molecule has 0 bridgehead atoms. The lowest BCUT2D eigenvalue weighted by Gasteiger charge is -2.41. The van der Waals surface area contributed by atoms with Crippen LogP contribution in [0.15, 0.2) is 48.5 Å². The van der Waals surface area contributed by atoms with Gasteiger partial charge in [0.1, 0.15) is 5.75 Å². The number of halogens is 3. The number of amides is 3. The van der Waals surface area contributed by atoms with Gasteiger partial charge < -0.3 is 30.5 Å². The van der Waals surface area contributed by atoms with E-state index in [1.54, 1.807) is 29.2 Å². The molecular formula is C29H36F3N3O6. The number of benzene rings is 2. The van der Waals surface area contributed by atoms with Gasteiger partial charge in [0.2, 0.25) is 0 Å². The Morgan fingerprint density at radius 2 is 1.59 bits per heavy atom. The van der Waals surface area contributed by atoms with Crippen molar-refractivity contribution in [2.24, 2.45) is 11.3 Å². The first-order valence-electron chi connectivity index (χ1n) is 13.4. The molecule has 0 spiro atoms. The van der Waals surface area contributed by atoms with Crippen molar-refractivity contribution in [3.8, 4) is 5.75 Å². The summed E-state index contributed by atoms with van der Waals surface area (Å²) >= 11 is 0. The predicted octanol–water partition coefficient (Wildman–Crippen LogP) is 5.40. The molecule has 3 amide bonds. The number of nitrogens with zero attached hydrogens (tertiary/aromatic N) is 1. The second-order valence-electron chi connectivity index (χ2n) is 10.9. The van der Waals surface area contributed by atoms with Crippen LogP contribution in [0.4, 0.5) is 23.7 Å². The van der Waals surface area contributed by atoms with Crippen molar-refractivity contribution in [1.82, 2.24) is 10.2 Å². The summed E-state index contributed by atoms with van der Waals surface area (Å²) in [5.74, 6) is -1.52. The molecule has 9 nitrogen and oxygen atoms in total. The van der Waals surface area contributed by atoms with Crippen LogP contribution in [0.3, 0.4) is 0 Å². The normalized spacial score (nSPS) is 17.4. The third kappa shape index (κ3) is 9.66. The molecule has 224 valence electrons. The first-order valence-corrected chi connectivity index (χ1v) is 13.4. The van der Waals surface area contributed by atoms with Crippen molar-refractivity contribution < 1.29 is 42.5 Å². The molecular weight excluding hydrogens is 543 g/mol.